The number of halogens is 2. The molecule has 2 aromatic heterocycles. The molecule has 15 nitrogen and oxygen atoms in total. The molecule has 3 aromatic carbocycles. The first-order valence-corrected chi connectivity index (χ1v) is 26.7. The van der Waals surface area contributed by atoms with Gasteiger partial charge in [0.1, 0.15) is 6.04 Å². The number of carbonyl (C=O) groups is 5. The molecule has 0 radical (unpaired) electrons. The Morgan fingerprint density at radius 1 is 0.833 bits per heavy atom. The lowest BCUT2D eigenvalue weighted by atomic mass is 9.82. The van der Waals surface area contributed by atoms with E-state index in [1.165, 1.54) is 0 Å². The zero-order chi connectivity index (χ0) is 49.4. The van der Waals surface area contributed by atoms with Crippen LogP contribution in [0, 0.1) is 5.92 Å². The van der Waals surface area contributed by atoms with Crippen molar-refractivity contribution in [3.05, 3.63) is 87.0 Å². The summed E-state index contributed by atoms with van der Waals surface area (Å²) in [4.78, 5) is 78.3. The summed E-state index contributed by atoms with van der Waals surface area (Å²) in [6.45, 7) is 9.07. The summed E-state index contributed by atoms with van der Waals surface area (Å²) in [5, 5.41) is 7.55. The number of piperidine rings is 3. The lowest BCUT2D eigenvalue weighted by Crippen LogP contribution is -2.54. The highest BCUT2D eigenvalue weighted by Crippen LogP contribution is 2.47. The number of aromatic nitrogens is 3. The molecule has 0 aliphatic carbocycles. The van der Waals surface area contributed by atoms with Gasteiger partial charge >= 0.3 is 0 Å². The van der Waals surface area contributed by atoms with Crippen molar-refractivity contribution in [2.24, 2.45) is 5.92 Å². The predicted octanol–water partition coefficient (Wildman–Crippen LogP) is 7.94. The van der Waals surface area contributed by atoms with Crippen molar-refractivity contribution in [1.82, 2.24) is 34.8 Å². The number of benzene rings is 3. The van der Waals surface area contributed by atoms with Gasteiger partial charge in [0.25, 0.3) is 18.2 Å². The summed E-state index contributed by atoms with van der Waals surface area (Å²) in [5.74, 6) is -0.558. The number of amides is 5. The number of ether oxygens (including phenoxy) is 1. The van der Waals surface area contributed by atoms with Gasteiger partial charge in [-0.15, -0.1) is 11.3 Å². The highest BCUT2D eigenvalue weighted by Gasteiger charge is 2.45. The molecule has 1 atom stereocenters. The zero-order valence-electron chi connectivity index (χ0n) is 40.5. The maximum Gasteiger partial charge on any atom is 0.264 e. The normalized spacial score (nSPS) is 21.8. The summed E-state index contributed by atoms with van der Waals surface area (Å²) < 4.78 is 40.3. The van der Waals surface area contributed by atoms with Crippen LogP contribution in [0.2, 0.25) is 0 Å². The number of rotatable bonds is 9. The van der Waals surface area contributed by atoms with Gasteiger partial charge in [-0.1, -0.05) is 0 Å². The average molecular weight is 1000 g/mol. The molecule has 5 aromatic rings. The Hall–Kier alpha value is -6.11. The van der Waals surface area contributed by atoms with Gasteiger partial charge in [0.15, 0.2) is 5.82 Å². The number of fused-ring (bicyclic) bond motifs is 4. The number of alkyl halides is 2. The van der Waals surface area contributed by atoms with Crippen molar-refractivity contribution in [2.45, 2.75) is 109 Å². The van der Waals surface area contributed by atoms with Gasteiger partial charge in [0.05, 0.1) is 39.4 Å². The van der Waals surface area contributed by atoms with Crippen LogP contribution >= 0.6 is 11.3 Å². The molecule has 72 heavy (non-hydrogen) atoms. The highest BCUT2D eigenvalue weighted by molar-refractivity contribution is 7.16. The summed E-state index contributed by atoms with van der Waals surface area (Å²) in [5.41, 5.74) is 10.6. The Morgan fingerprint density at radius 2 is 1.62 bits per heavy atom. The minimum Gasteiger partial charge on any atom is -0.381 e. The molecule has 4 fully saturated rings. The van der Waals surface area contributed by atoms with Crippen LogP contribution in [0.5, 0.6) is 0 Å². The second-order valence-corrected chi connectivity index (χ2v) is 21.7. The van der Waals surface area contributed by atoms with Gasteiger partial charge < -0.3 is 24.3 Å². The van der Waals surface area contributed by atoms with Gasteiger partial charge in [0, 0.05) is 93.9 Å². The van der Waals surface area contributed by atoms with Crippen LogP contribution in [0.4, 0.5) is 26.0 Å². The van der Waals surface area contributed by atoms with Gasteiger partial charge in [-0.3, -0.25) is 38.9 Å². The lowest BCUT2D eigenvalue weighted by molar-refractivity contribution is -0.136. The molecular formula is C54H59F2N9O6S. The van der Waals surface area contributed by atoms with E-state index in [0.29, 0.717) is 56.3 Å². The average Bonchev–Trinajstić information content (AvgIpc) is 4.09. The van der Waals surface area contributed by atoms with Crippen molar-refractivity contribution < 1.29 is 37.5 Å². The molecule has 7 aliphatic heterocycles. The molecule has 376 valence electrons. The molecule has 1 unspecified atom stereocenters. The SMILES string of the molecule is CC(=O)N1CCc2c(c(N3CCCc4cc(-c5cc6ncsc6cc5C5CCN(CC6CCN(c7ccc8c(c7)C(=O)N(C7CCC(=O)NC7=O)C8=O)CC6)CC5)c(C(F)F)cc43)nn2C2CCOCC2)C1. The Kier molecular flexibility index (Phi) is 12.4. The Balaban J connectivity index is 0.750. The van der Waals surface area contributed by atoms with E-state index < -0.39 is 36.1 Å². The fraction of sp³-hybridized carbons (Fsp3) is 0.500. The van der Waals surface area contributed by atoms with Gasteiger partial charge in [0.2, 0.25) is 17.7 Å². The van der Waals surface area contributed by atoms with Gasteiger partial charge in [-0.05, 0) is 147 Å². The summed E-state index contributed by atoms with van der Waals surface area (Å²) in [7, 11) is 0. The Morgan fingerprint density at radius 3 is 2.39 bits per heavy atom. The summed E-state index contributed by atoms with van der Waals surface area (Å²) in [6.07, 6.45) is 5.27. The van der Waals surface area contributed by atoms with Crippen molar-refractivity contribution in [3.8, 4) is 11.1 Å². The van der Waals surface area contributed by atoms with Crippen LogP contribution in [0.25, 0.3) is 21.3 Å². The lowest BCUT2D eigenvalue weighted by Gasteiger charge is -2.39. The summed E-state index contributed by atoms with van der Waals surface area (Å²) >= 11 is 1.58. The minimum atomic E-state index is -2.71. The molecule has 7 aliphatic rings. The molecule has 9 heterocycles. The largest absolute Gasteiger partial charge is 0.381 e. The number of carbonyl (C=O) groups excluding carboxylic acids is 5. The smallest absolute Gasteiger partial charge is 0.264 e. The van der Waals surface area contributed by atoms with Crippen molar-refractivity contribution in [2.75, 3.05) is 68.8 Å². The van der Waals surface area contributed by atoms with Gasteiger partial charge in [-0.2, -0.15) is 5.10 Å². The van der Waals surface area contributed by atoms with E-state index in [9.17, 15) is 24.0 Å². The van der Waals surface area contributed by atoms with Crippen LogP contribution in [0.1, 0.15) is 132 Å². The molecule has 4 saturated heterocycles. The van der Waals surface area contributed by atoms with E-state index in [2.05, 4.69) is 35.7 Å². The highest BCUT2D eigenvalue weighted by atomic mass is 32.1. The first-order chi connectivity index (χ1) is 35.0. The van der Waals surface area contributed by atoms with E-state index in [4.69, 9.17) is 9.84 Å². The molecule has 5 amide bonds. The fourth-order valence-corrected chi connectivity index (χ4v) is 13.4. The maximum absolute atomic E-state index is 15.7. The number of nitrogens with one attached hydrogen (secondary N) is 1. The van der Waals surface area contributed by atoms with Crippen LogP contribution in [-0.4, -0.2) is 124 Å². The number of hydrogen-bond donors (Lipinski definition) is 1. The number of thiazole rings is 1. The van der Waals surface area contributed by atoms with Crippen LogP contribution < -0.4 is 15.1 Å². The number of likely N-dealkylation sites (tertiary alicyclic amines) is 1. The third kappa shape index (κ3) is 8.45. The number of nitrogens with zero attached hydrogens (tertiary/aromatic N) is 8. The summed E-state index contributed by atoms with van der Waals surface area (Å²) in [6, 6.07) is 12.5. The molecule has 0 bridgehead atoms. The van der Waals surface area contributed by atoms with E-state index in [1.807, 2.05) is 28.6 Å². The first kappa shape index (κ1) is 46.9. The molecular weight excluding hydrogens is 941 g/mol. The second-order valence-electron chi connectivity index (χ2n) is 20.8. The maximum atomic E-state index is 15.7. The van der Waals surface area contributed by atoms with E-state index >= 15 is 8.78 Å². The molecule has 1 N–H and O–H groups in total. The quantitative estimate of drug-likeness (QED) is 0.143. The Labute approximate surface area is 420 Å². The number of aryl methyl sites for hydroxylation is 1. The topological polar surface area (TPSA) is 154 Å². The third-order valence-electron chi connectivity index (χ3n) is 16.6. The minimum absolute atomic E-state index is 0.0116. The predicted molar refractivity (Wildman–Crippen MR) is 268 cm³/mol. The van der Waals surface area contributed by atoms with E-state index in [0.717, 1.165) is 144 Å². The van der Waals surface area contributed by atoms with Crippen LogP contribution in [-0.2, 0) is 38.5 Å². The molecule has 18 heteroatoms. The second kappa shape index (κ2) is 19.1. The van der Waals surface area contributed by atoms with Crippen molar-refractivity contribution in [3.63, 3.8) is 0 Å². The monoisotopic (exact) mass is 999 g/mol. The number of anilines is 3. The van der Waals surface area contributed by atoms with E-state index in [1.54, 1.807) is 36.5 Å². The number of imide groups is 2. The molecule has 0 spiro atoms. The molecule has 0 saturated carbocycles. The number of hydrogen-bond acceptors (Lipinski definition) is 12. The first-order valence-electron chi connectivity index (χ1n) is 25.8. The van der Waals surface area contributed by atoms with Crippen LogP contribution in [0.3, 0.4) is 0 Å². The standard InChI is InChI=1S/C54H59F2N9O6S/c1-31(66)62-20-12-45-43(29-62)51(59-65(45)35-13-21-71-22-14-35)63-15-2-3-34-23-39(41(50(55)56)26-47(34)63)40-25-44-48(72-30-57-44)27-38(40)33-10-16-60(17-11-33)28-32-8-18-61(19-9-32)36-4-5-37-42(24-36)54(70)64(53(37)69)46-6-7-49(67)58-52(46)68/h4-5,23-27,30,32-33,35,46,50H,2-3,6-22,28-29H2,1H3,(H,58,67,68). The van der Waals surface area contributed by atoms with Crippen LogP contribution in [0.15, 0.2) is 48.0 Å². The third-order valence-corrected chi connectivity index (χ3v) is 17.4. The van der Waals surface area contributed by atoms with Gasteiger partial charge in [-0.25, -0.2) is 13.8 Å². The molecule has 12 rings (SSSR count). The van der Waals surface area contributed by atoms with Crippen molar-refractivity contribution >= 4 is 68.3 Å². The zero-order valence-corrected chi connectivity index (χ0v) is 41.4. The Bertz CT molecular complexity index is 3010. The van der Waals surface area contributed by atoms with E-state index in [-0.39, 0.29) is 41.8 Å². The van der Waals surface area contributed by atoms with Crippen molar-refractivity contribution in [1.29, 1.82) is 0 Å². The fourth-order valence-electron chi connectivity index (χ4n) is 12.7.